The smallest absolute Gasteiger partial charge is 0.270 e. The molecule has 10 nitrogen and oxygen atoms in total. The summed E-state index contributed by atoms with van der Waals surface area (Å²) in [6, 6.07) is 7.73. The zero-order valence-corrected chi connectivity index (χ0v) is 22.7. The van der Waals surface area contributed by atoms with Crippen LogP contribution in [0.3, 0.4) is 0 Å². The zero-order chi connectivity index (χ0) is 28.1. The fourth-order valence-corrected chi connectivity index (χ4v) is 6.09. The molecular formula is C27H30Cl2N4O6. The van der Waals surface area contributed by atoms with Crippen molar-refractivity contribution in [3.8, 4) is 0 Å². The highest BCUT2D eigenvalue weighted by molar-refractivity contribution is 6.34. The lowest BCUT2D eigenvalue weighted by atomic mass is 9.75. The number of non-ortho nitro benzene ring substituents is 2. The van der Waals surface area contributed by atoms with Crippen molar-refractivity contribution in [1.82, 2.24) is 10.6 Å². The highest BCUT2D eigenvalue weighted by atomic mass is 35.5. The van der Waals surface area contributed by atoms with E-state index in [1.165, 1.54) is 36.4 Å². The summed E-state index contributed by atoms with van der Waals surface area (Å²) in [5.41, 5.74) is -0.111. The van der Waals surface area contributed by atoms with Crippen LogP contribution in [-0.4, -0.2) is 33.7 Å². The SMILES string of the molecule is O=C(NC1CCC(CC2CCC(NC(=O)c3cc([N+](=O)[O-])ccc3Cl)CC2)CC1)c1cc([N+](=O)[O-])ccc1Cl. The molecule has 39 heavy (non-hydrogen) atoms. The number of nitro groups is 2. The lowest BCUT2D eigenvalue weighted by Gasteiger charge is -2.34. The number of nitrogens with zero attached hydrogens (tertiary/aromatic N) is 2. The Labute approximate surface area is 235 Å². The van der Waals surface area contributed by atoms with E-state index < -0.39 is 9.85 Å². The molecule has 2 aromatic carbocycles. The maximum atomic E-state index is 12.7. The van der Waals surface area contributed by atoms with Gasteiger partial charge in [-0.15, -0.1) is 0 Å². The number of halogens is 2. The van der Waals surface area contributed by atoms with Crippen LogP contribution in [0.15, 0.2) is 36.4 Å². The monoisotopic (exact) mass is 576 g/mol. The minimum Gasteiger partial charge on any atom is -0.349 e. The number of hydrogen-bond acceptors (Lipinski definition) is 6. The Bertz CT molecular complexity index is 1160. The van der Waals surface area contributed by atoms with Gasteiger partial charge in [-0.25, -0.2) is 0 Å². The van der Waals surface area contributed by atoms with Gasteiger partial charge in [-0.3, -0.25) is 29.8 Å². The molecule has 2 aromatic rings. The third kappa shape index (κ3) is 7.45. The molecule has 0 atom stereocenters. The molecule has 0 bridgehead atoms. The number of benzene rings is 2. The van der Waals surface area contributed by atoms with Crippen LogP contribution >= 0.6 is 23.2 Å². The summed E-state index contributed by atoms with van der Waals surface area (Å²) >= 11 is 12.2. The first kappa shape index (κ1) is 28.8. The largest absolute Gasteiger partial charge is 0.349 e. The normalized spacial score (nSPS) is 23.0. The van der Waals surface area contributed by atoms with E-state index in [-0.39, 0.29) is 56.4 Å². The highest BCUT2D eigenvalue weighted by Gasteiger charge is 2.29. The minimum absolute atomic E-state index is 0.00987. The van der Waals surface area contributed by atoms with Gasteiger partial charge in [-0.1, -0.05) is 23.2 Å². The summed E-state index contributed by atoms with van der Waals surface area (Å²) in [6.07, 6.45) is 8.47. The van der Waals surface area contributed by atoms with Gasteiger partial charge in [0.05, 0.1) is 31.0 Å². The highest BCUT2D eigenvalue weighted by Crippen LogP contribution is 2.36. The molecule has 2 aliphatic rings. The molecule has 0 unspecified atom stereocenters. The van der Waals surface area contributed by atoms with Crippen LogP contribution in [0, 0.1) is 32.1 Å². The lowest BCUT2D eigenvalue weighted by molar-refractivity contribution is -0.385. The van der Waals surface area contributed by atoms with Gasteiger partial charge in [0.25, 0.3) is 23.2 Å². The summed E-state index contributed by atoms with van der Waals surface area (Å²) < 4.78 is 0. The van der Waals surface area contributed by atoms with Gasteiger partial charge in [0.1, 0.15) is 0 Å². The number of rotatable bonds is 8. The lowest BCUT2D eigenvalue weighted by Crippen LogP contribution is -2.39. The van der Waals surface area contributed by atoms with Crippen LogP contribution in [0.2, 0.25) is 10.0 Å². The van der Waals surface area contributed by atoms with E-state index in [0.29, 0.717) is 11.8 Å². The van der Waals surface area contributed by atoms with Gasteiger partial charge in [-0.2, -0.15) is 0 Å². The second kappa shape index (κ2) is 12.7. The summed E-state index contributed by atoms with van der Waals surface area (Å²) in [4.78, 5) is 46.3. The Balaban J connectivity index is 1.20. The second-order valence-corrected chi connectivity index (χ2v) is 11.3. The molecule has 0 saturated heterocycles. The molecule has 2 saturated carbocycles. The first-order chi connectivity index (χ1) is 18.6. The number of amides is 2. The van der Waals surface area contributed by atoms with Crippen LogP contribution in [-0.2, 0) is 0 Å². The fourth-order valence-electron chi connectivity index (χ4n) is 5.68. The van der Waals surface area contributed by atoms with Crippen molar-refractivity contribution in [2.24, 2.45) is 11.8 Å². The predicted molar refractivity (Wildman–Crippen MR) is 147 cm³/mol. The van der Waals surface area contributed by atoms with Crippen LogP contribution in [0.25, 0.3) is 0 Å². The molecule has 4 rings (SSSR count). The zero-order valence-electron chi connectivity index (χ0n) is 21.2. The Morgan fingerprint density at radius 3 is 1.38 bits per heavy atom. The molecule has 12 heteroatoms. The van der Waals surface area contributed by atoms with Gasteiger partial charge in [-0.05, 0) is 81.8 Å². The van der Waals surface area contributed by atoms with Crippen molar-refractivity contribution in [3.63, 3.8) is 0 Å². The molecule has 0 heterocycles. The molecule has 2 amide bonds. The molecule has 0 aromatic heterocycles. The minimum atomic E-state index is -0.549. The van der Waals surface area contributed by atoms with Crippen molar-refractivity contribution in [2.75, 3.05) is 0 Å². The first-order valence-corrected chi connectivity index (χ1v) is 13.9. The molecule has 2 aliphatic carbocycles. The van der Waals surface area contributed by atoms with E-state index >= 15 is 0 Å². The third-order valence-corrected chi connectivity index (χ3v) is 8.50. The van der Waals surface area contributed by atoms with E-state index in [4.69, 9.17) is 23.2 Å². The van der Waals surface area contributed by atoms with Gasteiger partial charge in [0, 0.05) is 36.3 Å². The van der Waals surface area contributed by atoms with Crippen molar-refractivity contribution in [3.05, 3.63) is 77.8 Å². The van der Waals surface area contributed by atoms with Gasteiger partial charge >= 0.3 is 0 Å². The molecule has 0 spiro atoms. The Morgan fingerprint density at radius 1 is 0.692 bits per heavy atom. The molecule has 208 valence electrons. The van der Waals surface area contributed by atoms with Crippen molar-refractivity contribution in [2.45, 2.75) is 69.9 Å². The van der Waals surface area contributed by atoms with Gasteiger partial charge in [0.15, 0.2) is 0 Å². The second-order valence-electron chi connectivity index (χ2n) is 10.5. The Hall–Kier alpha value is -3.24. The predicted octanol–water partition coefficient (Wildman–Crippen LogP) is 6.48. The van der Waals surface area contributed by atoms with Crippen LogP contribution in [0.5, 0.6) is 0 Å². The Kier molecular flexibility index (Phi) is 9.40. The maximum Gasteiger partial charge on any atom is 0.270 e. The maximum absolute atomic E-state index is 12.7. The third-order valence-electron chi connectivity index (χ3n) is 7.84. The summed E-state index contributed by atoms with van der Waals surface area (Å²) in [6.45, 7) is 0. The number of carbonyl (C=O) groups is 2. The van der Waals surface area contributed by atoms with Crippen molar-refractivity contribution in [1.29, 1.82) is 0 Å². The van der Waals surface area contributed by atoms with E-state index in [1.807, 2.05) is 0 Å². The standard InChI is InChI=1S/C27H30Cl2N4O6/c28-24-11-9-20(32(36)37)14-22(24)26(34)30-18-5-1-16(2-6-18)13-17-3-7-19(8-4-17)31-27(35)23-15-21(33(38)39)10-12-25(23)29/h9-12,14-19H,1-8,13H2,(H,30,34)(H,31,35). The van der Waals surface area contributed by atoms with Crippen LogP contribution in [0.4, 0.5) is 11.4 Å². The van der Waals surface area contributed by atoms with E-state index in [9.17, 15) is 29.8 Å². The van der Waals surface area contributed by atoms with E-state index in [1.54, 1.807) is 0 Å². The van der Waals surface area contributed by atoms with Gasteiger partial charge < -0.3 is 10.6 Å². The number of nitro benzene ring substituents is 2. The van der Waals surface area contributed by atoms with E-state index in [0.717, 1.165) is 57.8 Å². The first-order valence-electron chi connectivity index (χ1n) is 13.1. The molecule has 2 N–H and O–H groups in total. The summed E-state index contributed by atoms with van der Waals surface area (Å²) in [5.74, 6) is 0.358. The fraction of sp³-hybridized carbons (Fsp3) is 0.481. The average Bonchev–Trinajstić information content (AvgIpc) is 2.91. The summed E-state index contributed by atoms with van der Waals surface area (Å²) in [5, 5.41) is 28.4. The van der Waals surface area contributed by atoms with Crippen molar-refractivity contribution < 1.29 is 19.4 Å². The summed E-state index contributed by atoms with van der Waals surface area (Å²) in [7, 11) is 0. The molecule has 0 aliphatic heterocycles. The number of hydrogen-bond donors (Lipinski definition) is 2. The number of nitrogens with one attached hydrogen (secondary N) is 2. The topological polar surface area (TPSA) is 144 Å². The Morgan fingerprint density at radius 2 is 1.05 bits per heavy atom. The van der Waals surface area contributed by atoms with Crippen molar-refractivity contribution >= 4 is 46.4 Å². The molecule has 0 radical (unpaired) electrons. The molecule has 2 fully saturated rings. The van der Waals surface area contributed by atoms with Crippen LogP contribution < -0.4 is 10.6 Å². The van der Waals surface area contributed by atoms with Gasteiger partial charge in [0.2, 0.25) is 0 Å². The van der Waals surface area contributed by atoms with Crippen LogP contribution in [0.1, 0.15) is 78.5 Å². The number of carbonyl (C=O) groups excluding carboxylic acids is 2. The molecular weight excluding hydrogens is 547 g/mol. The quantitative estimate of drug-likeness (QED) is 0.272. The van der Waals surface area contributed by atoms with E-state index in [2.05, 4.69) is 10.6 Å². The average molecular weight is 577 g/mol.